The summed E-state index contributed by atoms with van der Waals surface area (Å²) in [4.78, 5) is 10.5. The summed E-state index contributed by atoms with van der Waals surface area (Å²) in [7, 11) is 0. The second kappa shape index (κ2) is 5.20. The molecule has 0 unspecified atom stereocenters. The molecule has 10 heavy (non-hydrogen) atoms. The first-order valence-electron chi connectivity index (χ1n) is 3.15. The molecule has 0 aromatic carbocycles. The van der Waals surface area contributed by atoms with Crippen LogP contribution < -0.4 is 0 Å². The van der Waals surface area contributed by atoms with Gasteiger partial charge in [-0.05, 0) is 6.92 Å². The van der Waals surface area contributed by atoms with E-state index in [4.69, 9.17) is 10.2 Å². The third-order valence-corrected chi connectivity index (χ3v) is 0.918. The van der Waals surface area contributed by atoms with E-state index in [0.717, 1.165) is 0 Å². The first-order chi connectivity index (χ1) is 4.70. The molecule has 0 aliphatic carbocycles. The van der Waals surface area contributed by atoms with Gasteiger partial charge >= 0.3 is 5.97 Å². The topological polar surface area (TPSA) is 66.8 Å². The smallest absolute Gasteiger partial charge is 0.308 e. The molecule has 0 rings (SSSR count). The minimum Gasteiger partial charge on any atom is -0.466 e. The molecule has 2 N–H and O–H groups in total. The number of hydrogen-bond donors (Lipinski definition) is 2. The van der Waals surface area contributed by atoms with Crippen LogP contribution in [0.4, 0.5) is 0 Å². The Morgan fingerprint density at radius 1 is 1.70 bits per heavy atom. The Morgan fingerprint density at radius 3 is 2.70 bits per heavy atom. The summed E-state index contributed by atoms with van der Waals surface area (Å²) in [6.45, 7) is 1.58. The molecule has 0 amide bonds. The van der Waals surface area contributed by atoms with Gasteiger partial charge in [0.25, 0.3) is 0 Å². The summed E-state index contributed by atoms with van der Waals surface area (Å²) >= 11 is 0. The molecule has 4 heteroatoms. The Hall–Kier alpha value is -0.610. The summed E-state index contributed by atoms with van der Waals surface area (Å²) < 4.78 is 4.50. The summed E-state index contributed by atoms with van der Waals surface area (Å²) in [6.07, 6.45) is -1.12. The maximum Gasteiger partial charge on any atom is 0.308 e. The molecule has 0 saturated carbocycles. The number of carbonyl (C=O) groups is 1. The molecular weight excluding hydrogens is 136 g/mol. The number of hydrogen-bond acceptors (Lipinski definition) is 4. The van der Waals surface area contributed by atoms with E-state index in [1.54, 1.807) is 6.92 Å². The molecule has 0 bridgehead atoms. The molecule has 1 atom stereocenters. The van der Waals surface area contributed by atoms with Crippen LogP contribution in [0, 0.1) is 0 Å². The fourth-order valence-corrected chi connectivity index (χ4v) is 0.477. The van der Waals surface area contributed by atoms with Gasteiger partial charge in [-0.15, -0.1) is 0 Å². The molecular formula is C6H12O4. The van der Waals surface area contributed by atoms with Crippen molar-refractivity contribution < 1.29 is 19.7 Å². The van der Waals surface area contributed by atoms with Crippen molar-refractivity contribution in [3.8, 4) is 0 Å². The monoisotopic (exact) mass is 148 g/mol. The van der Waals surface area contributed by atoms with Gasteiger partial charge in [-0.25, -0.2) is 0 Å². The van der Waals surface area contributed by atoms with Crippen LogP contribution >= 0.6 is 0 Å². The van der Waals surface area contributed by atoms with Crippen molar-refractivity contribution in [2.24, 2.45) is 0 Å². The maximum atomic E-state index is 10.5. The van der Waals surface area contributed by atoms with Gasteiger partial charge in [-0.2, -0.15) is 0 Å². The van der Waals surface area contributed by atoms with Gasteiger partial charge in [0.2, 0.25) is 0 Å². The van der Waals surface area contributed by atoms with E-state index in [2.05, 4.69) is 4.74 Å². The van der Waals surface area contributed by atoms with Crippen molar-refractivity contribution in [2.75, 3.05) is 13.2 Å². The standard InChI is InChI=1S/C6H12O4/c1-2-10-6(9)3-5(8)4-7/h5,7-8H,2-4H2,1H3/t5-/m1/s1. The van der Waals surface area contributed by atoms with Crippen LogP contribution in [-0.4, -0.2) is 35.5 Å². The fourth-order valence-electron chi connectivity index (χ4n) is 0.477. The molecule has 0 aromatic rings. The fraction of sp³-hybridized carbons (Fsp3) is 0.833. The Kier molecular flexibility index (Phi) is 4.88. The summed E-state index contributed by atoms with van der Waals surface area (Å²) in [5, 5.41) is 17.0. The lowest BCUT2D eigenvalue weighted by molar-refractivity contribution is -0.145. The predicted molar refractivity (Wildman–Crippen MR) is 34.3 cm³/mol. The minimum absolute atomic E-state index is 0.135. The first-order valence-corrected chi connectivity index (χ1v) is 3.15. The second-order valence-corrected chi connectivity index (χ2v) is 1.85. The van der Waals surface area contributed by atoms with E-state index in [0.29, 0.717) is 6.61 Å². The lowest BCUT2D eigenvalue weighted by Crippen LogP contribution is -2.18. The van der Waals surface area contributed by atoms with Gasteiger partial charge in [0.1, 0.15) is 0 Å². The molecule has 0 spiro atoms. The van der Waals surface area contributed by atoms with Gasteiger partial charge < -0.3 is 14.9 Å². The Bertz CT molecular complexity index is 102. The molecule has 0 saturated heterocycles. The quantitative estimate of drug-likeness (QED) is 0.517. The van der Waals surface area contributed by atoms with Crippen molar-refractivity contribution in [1.82, 2.24) is 0 Å². The van der Waals surface area contributed by atoms with Gasteiger partial charge in [-0.1, -0.05) is 0 Å². The van der Waals surface area contributed by atoms with Crippen LogP contribution in [0.5, 0.6) is 0 Å². The van der Waals surface area contributed by atoms with Crippen LogP contribution in [0.15, 0.2) is 0 Å². The Morgan fingerprint density at radius 2 is 2.30 bits per heavy atom. The minimum atomic E-state index is -0.987. The SMILES string of the molecule is CCOC(=O)C[C@@H](O)CO. The summed E-state index contributed by atoms with van der Waals surface area (Å²) in [5.41, 5.74) is 0. The Balaban J connectivity index is 3.37. The van der Waals surface area contributed by atoms with E-state index in [9.17, 15) is 4.79 Å². The van der Waals surface area contributed by atoms with Gasteiger partial charge in [0.15, 0.2) is 0 Å². The highest BCUT2D eigenvalue weighted by molar-refractivity contribution is 5.69. The maximum absolute atomic E-state index is 10.5. The zero-order valence-corrected chi connectivity index (χ0v) is 5.91. The number of ether oxygens (including phenoxy) is 1. The predicted octanol–water partition coefficient (Wildman–Crippen LogP) is -0.707. The third-order valence-electron chi connectivity index (χ3n) is 0.918. The lowest BCUT2D eigenvalue weighted by atomic mass is 10.3. The van der Waals surface area contributed by atoms with E-state index in [1.165, 1.54) is 0 Å². The molecule has 0 aliphatic rings. The lowest BCUT2D eigenvalue weighted by Gasteiger charge is -2.04. The zero-order valence-electron chi connectivity index (χ0n) is 5.91. The summed E-state index contributed by atoms with van der Waals surface area (Å²) in [6, 6.07) is 0. The van der Waals surface area contributed by atoms with Gasteiger partial charge in [0.05, 0.1) is 25.7 Å². The molecule has 0 heterocycles. The number of esters is 1. The average molecular weight is 148 g/mol. The van der Waals surface area contributed by atoms with Crippen molar-refractivity contribution in [3.63, 3.8) is 0 Å². The highest BCUT2D eigenvalue weighted by Crippen LogP contribution is 1.92. The Labute approximate surface area is 59.4 Å². The molecule has 0 aromatic heterocycles. The van der Waals surface area contributed by atoms with Crippen molar-refractivity contribution in [2.45, 2.75) is 19.4 Å². The summed E-state index contributed by atoms with van der Waals surface area (Å²) in [5.74, 6) is -0.482. The molecule has 0 fully saturated rings. The van der Waals surface area contributed by atoms with Crippen LogP contribution in [0.2, 0.25) is 0 Å². The van der Waals surface area contributed by atoms with Crippen LogP contribution in [-0.2, 0) is 9.53 Å². The number of carbonyl (C=O) groups excluding carboxylic acids is 1. The van der Waals surface area contributed by atoms with Crippen molar-refractivity contribution >= 4 is 5.97 Å². The van der Waals surface area contributed by atoms with Gasteiger partial charge in [-0.3, -0.25) is 4.79 Å². The molecule has 4 nitrogen and oxygen atoms in total. The normalized spacial score (nSPS) is 12.7. The van der Waals surface area contributed by atoms with Gasteiger partial charge in [0, 0.05) is 0 Å². The molecule has 60 valence electrons. The van der Waals surface area contributed by atoms with Crippen molar-refractivity contribution in [3.05, 3.63) is 0 Å². The first kappa shape index (κ1) is 9.39. The second-order valence-electron chi connectivity index (χ2n) is 1.85. The average Bonchev–Trinajstić information content (AvgIpc) is 1.88. The van der Waals surface area contributed by atoms with E-state index < -0.39 is 18.7 Å². The van der Waals surface area contributed by atoms with E-state index in [-0.39, 0.29) is 6.42 Å². The number of rotatable bonds is 4. The molecule has 0 radical (unpaired) electrons. The zero-order chi connectivity index (χ0) is 7.98. The number of aliphatic hydroxyl groups excluding tert-OH is 2. The van der Waals surface area contributed by atoms with E-state index in [1.807, 2.05) is 0 Å². The third kappa shape index (κ3) is 4.29. The van der Waals surface area contributed by atoms with Crippen LogP contribution in [0.1, 0.15) is 13.3 Å². The van der Waals surface area contributed by atoms with E-state index >= 15 is 0 Å². The molecule has 0 aliphatic heterocycles. The van der Waals surface area contributed by atoms with Crippen LogP contribution in [0.25, 0.3) is 0 Å². The highest BCUT2D eigenvalue weighted by atomic mass is 16.5. The highest BCUT2D eigenvalue weighted by Gasteiger charge is 2.09. The number of aliphatic hydroxyl groups is 2. The van der Waals surface area contributed by atoms with Crippen LogP contribution in [0.3, 0.4) is 0 Å². The van der Waals surface area contributed by atoms with Crippen molar-refractivity contribution in [1.29, 1.82) is 0 Å². The largest absolute Gasteiger partial charge is 0.466 e.